The van der Waals surface area contributed by atoms with E-state index in [1.54, 1.807) is 39.8 Å². The van der Waals surface area contributed by atoms with E-state index in [9.17, 15) is 14.3 Å². The molecule has 1 atom stereocenters. The number of rotatable bonds is 9. The number of carboxylic acids is 1. The fourth-order valence-corrected chi connectivity index (χ4v) is 5.16. The maximum atomic E-state index is 15.4. The molecular formula is C32H40F2N4O4. The molecule has 4 rings (SSSR count). The fraction of sp³-hybridized carbons (Fsp3) is 0.469. The van der Waals surface area contributed by atoms with Crippen LogP contribution in [0, 0.1) is 24.0 Å². The van der Waals surface area contributed by atoms with Gasteiger partial charge in [0.05, 0.1) is 17.9 Å². The van der Waals surface area contributed by atoms with Crippen molar-refractivity contribution in [2.75, 3.05) is 30.3 Å². The first-order valence-corrected chi connectivity index (χ1v) is 14.1. The number of carbonyl (C=O) groups is 1. The molecule has 1 aromatic carbocycles. The van der Waals surface area contributed by atoms with Crippen molar-refractivity contribution < 1.29 is 28.2 Å². The predicted molar refractivity (Wildman–Crippen MR) is 159 cm³/mol. The van der Waals surface area contributed by atoms with Crippen LogP contribution in [0.4, 0.5) is 20.3 Å². The summed E-state index contributed by atoms with van der Waals surface area (Å²) in [5, 5.41) is 10.3. The molecule has 1 aliphatic heterocycles. The number of aromatic nitrogens is 2. The summed E-state index contributed by atoms with van der Waals surface area (Å²) >= 11 is 0. The minimum absolute atomic E-state index is 0.124. The summed E-state index contributed by atoms with van der Waals surface area (Å²) in [5.41, 5.74) is 8.85. The van der Waals surface area contributed by atoms with Crippen molar-refractivity contribution >= 4 is 17.5 Å². The highest BCUT2D eigenvalue weighted by atomic mass is 19.1. The molecule has 3 heterocycles. The van der Waals surface area contributed by atoms with Crippen molar-refractivity contribution in [3.63, 3.8) is 0 Å². The summed E-state index contributed by atoms with van der Waals surface area (Å²) in [7, 11) is 0. The van der Waals surface area contributed by atoms with E-state index >= 15 is 4.39 Å². The minimum Gasteiger partial charge on any atom is -0.479 e. The Morgan fingerprint density at radius 1 is 1.17 bits per heavy atom. The number of carboxylic acid groups (broad SMARTS) is 1. The number of nitrogens with two attached hydrogens (primary N) is 1. The summed E-state index contributed by atoms with van der Waals surface area (Å²) < 4.78 is 40.2. The number of pyridine rings is 2. The van der Waals surface area contributed by atoms with Crippen LogP contribution in [0.1, 0.15) is 70.4 Å². The fourth-order valence-electron chi connectivity index (χ4n) is 5.16. The lowest BCUT2D eigenvalue weighted by molar-refractivity contribution is -0.160. The molecule has 226 valence electrons. The molecule has 3 N–H and O–H groups in total. The van der Waals surface area contributed by atoms with Crippen molar-refractivity contribution in [1.82, 2.24) is 9.97 Å². The number of anilines is 2. The number of halogens is 2. The number of hydrogen-bond donors (Lipinski definition) is 2. The van der Waals surface area contributed by atoms with Gasteiger partial charge in [0.2, 0.25) is 5.88 Å². The molecule has 1 saturated heterocycles. The second-order valence-corrected chi connectivity index (χ2v) is 12.6. The summed E-state index contributed by atoms with van der Waals surface area (Å²) in [6, 6.07) is 7.30. The molecule has 0 saturated carbocycles. The van der Waals surface area contributed by atoms with E-state index in [-0.39, 0.29) is 29.5 Å². The van der Waals surface area contributed by atoms with Gasteiger partial charge in [0.1, 0.15) is 11.6 Å². The Balaban J connectivity index is 1.76. The van der Waals surface area contributed by atoms with E-state index in [1.165, 1.54) is 24.4 Å². The first-order chi connectivity index (χ1) is 19.6. The molecule has 3 aromatic rings. The average Bonchev–Trinajstić information content (AvgIpc) is 2.89. The minimum atomic E-state index is -1.33. The van der Waals surface area contributed by atoms with Gasteiger partial charge in [-0.2, -0.15) is 0 Å². The van der Waals surface area contributed by atoms with Crippen LogP contribution < -0.4 is 15.4 Å². The first kappa shape index (κ1) is 31.2. The second kappa shape index (κ2) is 12.2. The van der Waals surface area contributed by atoms with Crippen LogP contribution >= 0.6 is 0 Å². The Morgan fingerprint density at radius 2 is 1.81 bits per heavy atom. The smallest absolute Gasteiger partial charge is 0.337 e. The summed E-state index contributed by atoms with van der Waals surface area (Å²) in [6.07, 6.45) is 2.33. The van der Waals surface area contributed by atoms with Crippen LogP contribution in [0.2, 0.25) is 0 Å². The third-order valence-electron chi connectivity index (χ3n) is 7.46. The lowest BCUT2D eigenvalue weighted by Crippen LogP contribution is -2.39. The number of aryl methyl sites for hydroxylation is 1. The van der Waals surface area contributed by atoms with Gasteiger partial charge in [-0.3, -0.25) is 0 Å². The van der Waals surface area contributed by atoms with Gasteiger partial charge in [-0.05, 0) is 69.7 Å². The van der Waals surface area contributed by atoms with Gasteiger partial charge in [-0.15, -0.1) is 0 Å². The monoisotopic (exact) mass is 582 g/mol. The van der Waals surface area contributed by atoms with Gasteiger partial charge in [0.15, 0.2) is 11.9 Å². The van der Waals surface area contributed by atoms with Crippen LogP contribution in [-0.4, -0.2) is 46.3 Å². The van der Waals surface area contributed by atoms with Crippen molar-refractivity contribution in [2.24, 2.45) is 5.41 Å². The van der Waals surface area contributed by atoms with Crippen LogP contribution in [0.3, 0.4) is 0 Å². The SMILES string of the molecule is Cc1nc(N)c(-c2cnc(OCCc3ccc(F)cc3)c(F)c2)c(N2CCC(C)(C)CC2)c1[C@H](OC(C)(C)C)C(=O)O. The molecule has 42 heavy (non-hydrogen) atoms. The van der Waals surface area contributed by atoms with Crippen molar-refractivity contribution in [1.29, 1.82) is 0 Å². The van der Waals surface area contributed by atoms with Crippen molar-refractivity contribution in [3.05, 3.63) is 65.0 Å². The van der Waals surface area contributed by atoms with Crippen molar-refractivity contribution in [2.45, 2.75) is 72.5 Å². The Morgan fingerprint density at radius 3 is 2.38 bits per heavy atom. The zero-order valence-electron chi connectivity index (χ0n) is 25.1. The quantitative estimate of drug-likeness (QED) is 0.294. The molecule has 0 spiro atoms. The number of ether oxygens (including phenoxy) is 2. The van der Waals surface area contributed by atoms with Gasteiger partial charge in [-0.25, -0.2) is 23.5 Å². The Bertz CT molecular complexity index is 1430. The van der Waals surface area contributed by atoms with E-state index in [4.69, 9.17) is 15.2 Å². The Hall–Kier alpha value is -3.79. The molecule has 0 radical (unpaired) electrons. The standard InChI is InChI=1S/C32H40F2N4O4/c1-19-24(27(30(39)40)42-31(2,3)4)26(38-14-12-32(5,6)13-15-38)25(28(35)37-19)21-17-23(34)29(36-18-21)41-16-11-20-7-9-22(33)10-8-20/h7-10,17-18,27H,11-16H2,1-6H3,(H2,35,37)(H,39,40)/t27-/m0/s1. The number of nitrogens with zero attached hydrogens (tertiary/aromatic N) is 3. The highest BCUT2D eigenvalue weighted by Gasteiger charge is 2.37. The van der Waals surface area contributed by atoms with Crippen LogP contribution in [0.25, 0.3) is 11.1 Å². The highest BCUT2D eigenvalue weighted by Crippen LogP contribution is 2.46. The lowest BCUT2D eigenvalue weighted by Gasteiger charge is -2.41. The zero-order valence-corrected chi connectivity index (χ0v) is 25.1. The first-order valence-electron chi connectivity index (χ1n) is 14.1. The molecule has 0 unspecified atom stereocenters. The number of piperidine rings is 1. The molecule has 0 amide bonds. The van der Waals surface area contributed by atoms with Gasteiger partial charge in [-0.1, -0.05) is 26.0 Å². The van der Waals surface area contributed by atoms with Gasteiger partial charge in [0, 0.05) is 48.1 Å². The summed E-state index contributed by atoms with van der Waals surface area (Å²) in [5.74, 6) is -2.22. The number of benzene rings is 1. The number of hydrogen-bond acceptors (Lipinski definition) is 7. The molecule has 1 fully saturated rings. The van der Waals surface area contributed by atoms with Gasteiger partial charge >= 0.3 is 5.97 Å². The van der Waals surface area contributed by atoms with E-state index in [1.807, 2.05) is 0 Å². The number of aliphatic carboxylic acids is 1. The molecule has 1 aliphatic rings. The lowest BCUT2D eigenvalue weighted by atomic mass is 9.82. The second-order valence-electron chi connectivity index (χ2n) is 12.6. The highest BCUT2D eigenvalue weighted by molar-refractivity contribution is 5.91. The maximum Gasteiger partial charge on any atom is 0.337 e. The summed E-state index contributed by atoms with van der Waals surface area (Å²) in [6.45, 7) is 12.9. The Labute approximate surface area is 245 Å². The van der Waals surface area contributed by atoms with Gasteiger partial charge < -0.3 is 25.2 Å². The normalized spacial score (nSPS) is 15.9. The third kappa shape index (κ3) is 7.34. The van der Waals surface area contributed by atoms with Gasteiger partial charge in [0.25, 0.3) is 0 Å². The predicted octanol–water partition coefficient (Wildman–Crippen LogP) is 6.50. The topological polar surface area (TPSA) is 111 Å². The molecular weight excluding hydrogens is 542 g/mol. The van der Waals surface area contributed by atoms with Crippen LogP contribution in [0.15, 0.2) is 36.5 Å². The van der Waals surface area contributed by atoms with E-state index in [2.05, 4.69) is 28.7 Å². The molecule has 2 aromatic heterocycles. The maximum absolute atomic E-state index is 15.4. The number of nitrogen functional groups attached to an aromatic ring is 1. The molecule has 10 heteroatoms. The van der Waals surface area contributed by atoms with E-state index in [0.717, 1.165) is 18.4 Å². The Kier molecular flexibility index (Phi) is 9.06. The molecule has 0 aliphatic carbocycles. The summed E-state index contributed by atoms with van der Waals surface area (Å²) in [4.78, 5) is 23.5. The van der Waals surface area contributed by atoms with Crippen LogP contribution in [-0.2, 0) is 16.0 Å². The zero-order chi connectivity index (χ0) is 30.8. The molecule has 8 nitrogen and oxygen atoms in total. The molecule has 0 bridgehead atoms. The average molecular weight is 583 g/mol. The van der Waals surface area contributed by atoms with E-state index in [0.29, 0.717) is 47.6 Å². The van der Waals surface area contributed by atoms with Crippen LogP contribution in [0.5, 0.6) is 5.88 Å². The van der Waals surface area contributed by atoms with Crippen molar-refractivity contribution in [3.8, 4) is 17.0 Å². The third-order valence-corrected chi connectivity index (χ3v) is 7.46. The van der Waals surface area contributed by atoms with E-state index < -0.39 is 23.5 Å². The largest absolute Gasteiger partial charge is 0.479 e.